The summed E-state index contributed by atoms with van der Waals surface area (Å²) in [6, 6.07) is 0.0708. The van der Waals surface area contributed by atoms with Crippen LogP contribution in [0, 0.1) is 0 Å². The average Bonchev–Trinajstić information content (AvgIpc) is 3.15. The van der Waals surface area contributed by atoms with Gasteiger partial charge < -0.3 is 15.5 Å². The molecule has 8 heteroatoms. The highest BCUT2D eigenvalue weighted by Gasteiger charge is 2.24. The second-order valence-corrected chi connectivity index (χ2v) is 7.06. The Labute approximate surface area is 139 Å². The average molecular weight is 337 g/mol. The van der Waals surface area contributed by atoms with E-state index < -0.39 is 0 Å². The first-order chi connectivity index (χ1) is 11.2. The van der Waals surface area contributed by atoms with Crippen molar-refractivity contribution in [2.75, 3.05) is 18.4 Å². The van der Waals surface area contributed by atoms with Crippen LogP contribution >= 0.6 is 11.3 Å². The fourth-order valence-corrected chi connectivity index (χ4v) is 4.09. The molecular formula is C15H23N5O2S. The van der Waals surface area contributed by atoms with Crippen molar-refractivity contribution in [3.05, 3.63) is 10.6 Å². The molecule has 1 saturated carbocycles. The van der Waals surface area contributed by atoms with Crippen LogP contribution < -0.4 is 16.0 Å². The lowest BCUT2D eigenvalue weighted by Gasteiger charge is -2.25. The summed E-state index contributed by atoms with van der Waals surface area (Å²) in [6.07, 6.45) is 5.22. The number of anilines is 1. The molecule has 1 aromatic rings. The topological polar surface area (TPSA) is 86.4 Å². The number of nitrogens with zero attached hydrogens (tertiary/aromatic N) is 2. The zero-order valence-electron chi connectivity index (χ0n) is 13.4. The molecule has 3 rings (SSSR count). The summed E-state index contributed by atoms with van der Waals surface area (Å²) in [5.41, 5.74) is 0.992. The number of aromatic nitrogens is 1. The predicted octanol–water partition coefficient (Wildman–Crippen LogP) is 2.29. The van der Waals surface area contributed by atoms with Crippen LogP contribution in [0.2, 0.25) is 0 Å². The third kappa shape index (κ3) is 3.93. The molecule has 0 aromatic carbocycles. The molecule has 0 radical (unpaired) electrons. The molecular weight excluding hydrogens is 314 g/mol. The van der Waals surface area contributed by atoms with Gasteiger partial charge in [-0.1, -0.05) is 24.2 Å². The zero-order chi connectivity index (χ0) is 16.2. The maximum absolute atomic E-state index is 12.0. The molecule has 0 saturated heterocycles. The number of rotatable bonds is 3. The lowest BCUT2D eigenvalue weighted by Crippen LogP contribution is -2.42. The number of amides is 4. The monoisotopic (exact) mass is 337 g/mol. The van der Waals surface area contributed by atoms with Crippen LogP contribution in [-0.2, 0) is 13.0 Å². The van der Waals surface area contributed by atoms with Crippen molar-refractivity contribution in [2.24, 2.45) is 0 Å². The molecule has 126 valence electrons. The number of nitrogens with one attached hydrogen (secondary N) is 3. The molecule has 1 aliphatic heterocycles. The van der Waals surface area contributed by atoms with E-state index in [1.54, 1.807) is 4.90 Å². The number of urea groups is 2. The van der Waals surface area contributed by atoms with Gasteiger partial charge in [0, 0.05) is 30.4 Å². The molecule has 2 heterocycles. The van der Waals surface area contributed by atoms with E-state index in [2.05, 4.69) is 20.9 Å². The largest absolute Gasteiger partial charge is 0.338 e. The van der Waals surface area contributed by atoms with Gasteiger partial charge >= 0.3 is 12.1 Å². The van der Waals surface area contributed by atoms with Crippen LogP contribution in [0.5, 0.6) is 0 Å². The van der Waals surface area contributed by atoms with E-state index in [1.165, 1.54) is 24.2 Å². The lowest BCUT2D eigenvalue weighted by atomic mass is 10.2. The van der Waals surface area contributed by atoms with Gasteiger partial charge in [0.15, 0.2) is 5.13 Å². The number of carbonyl (C=O) groups excluding carboxylic acids is 2. The van der Waals surface area contributed by atoms with Crippen LogP contribution in [0.4, 0.5) is 14.7 Å². The molecule has 1 aliphatic carbocycles. The third-order valence-corrected chi connectivity index (χ3v) is 5.26. The Bertz CT molecular complexity index is 582. The van der Waals surface area contributed by atoms with Gasteiger partial charge in [0.05, 0.1) is 12.2 Å². The number of hydrogen-bond acceptors (Lipinski definition) is 4. The smallest absolute Gasteiger partial charge is 0.321 e. The number of fused-ring (bicyclic) bond motifs is 1. The van der Waals surface area contributed by atoms with E-state index >= 15 is 0 Å². The summed E-state index contributed by atoms with van der Waals surface area (Å²) in [5.74, 6) is 0. The number of carbonyl (C=O) groups is 2. The van der Waals surface area contributed by atoms with E-state index in [0.717, 1.165) is 29.8 Å². The third-order valence-electron chi connectivity index (χ3n) is 4.26. The fraction of sp³-hybridized carbons (Fsp3) is 0.667. The summed E-state index contributed by atoms with van der Waals surface area (Å²) < 4.78 is 0. The van der Waals surface area contributed by atoms with Gasteiger partial charge in [-0.05, 0) is 19.8 Å². The molecule has 0 spiro atoms. The van der Waals surface area contributed by atoms with Crippen molar-refractivity contribution in [1.82, 2.24) is 20.5 Å². The maximum atomic E-state index is 12.0. The second kappa shape index (κ2) is 7.16. The van der Waals surface area contributed by atoms with E-state index in [1.807, 2.05) is 6.92 Å². The summed E-state index contributed by atoms with van der Waals surface area (Å²) >= 11 is 1.46. The van der Waals surface area contributed by atoms with Crippen LogP contribution in [-0.4, -0.2) is 41.1 Å². The van der Waals surface area contributed by atoms with Crippen molar-refractivity contribution < 1.29 is 9.59 Å². The van der Waals surface area contributed by atoms with E-state index in [4.69, 9.17) is 0 Å². The quantitative estimate of drug-likeness (QED) is 0.791. The van der Waals surface area contributed by atoms with Crippen LogP contribution in [0.1, 0.15) is 43.2 Å². The highest BCUT2D eigenvalue weighted by Crippen LogP contribution is 2.28. The van der Waals surface area contributed by atoms with Gasteiger partial charge in [0.1, 0.15) is 0 Å². The Morgan fingerprint density at radius 1 is 1.35 bits per heavy atom. The number of hydrogen-bond donors (Lipinski definition) is 3. The van der Waals surface area contributed by atoms with Gasteiger partial charge in [-0.3, -0.25) is 5.32 Å². The lowest BCUT2D eigenvalue weighted by molar-refractivity contribution is 0.193. The summed E-state index contributed by atoms with van der Waals surface area (Å²) in [7, 11) is 0. The van der Waals surface area contributed by atoms with Gasteiger partial charge in [-0.15, -0.1) is 0 Å². The standard InChI is InChI=1S/C15H23N5O2S/c1-2-16-15(22)20-8-7-11-12(9-20)23-14(18-11)19-13(21)17-10-5-3-4-6-10/h10H,2-9H2,1H3,(H,16,22)(H2,17,18,19,21). The fourth-order valence-electron chi connectivity index (χ4n) is 3.07. The Hall–Kier alpha value is -1.83. The van der Waals surface area contributed by atoms with Gasteiger partial charge in [-0.2, -0.15) is 0 Å². The first-order valence-corrected chi connectivity index (χ1v) is 9.06. The minimum Gasteiger partial charge on any atom is -0.338 e. The van der Waals surface area contributed by atoms with Crippen molar-refractivity contribution in [3.8, 4) is 0 Å². The summed E-state index contributed by atoms with van der Waals surface area (Å²) in [5, 5.41) is 9.26. The Balaban J connectivity index is 1.57. The van der Waals surface area contributed by atoms with Crippen molar-refractivity contribution in [2.45, 2.75) is 51.6 Å². The van der Waals surface area contributed by atoms with E-state index in [0.29, 0.717) is 24.8 Å². The summed E-state index contributed by atoms with van der Waals surface area (Å²) in [6.45, 7) is 3.75. The second-order valence-electron chi connectivity index (χ2n) is 5.98. The van der Waals surface area contributed by atoms with Gasteiger partial charge in [-0.25, -0.2) is 14.6 Å². The minimum absolute atomic E-state index is 0.0416. The van der Waals surface area contributed by atoms with Crippen LogP contribution in [0.3, 0.4) is 0 Å². The molecule has 23 heavy (non-hydrogen) atoms. The van der Waals surface area contributed by atoms with Crippen molar-refractivity contribution in [1.29, 1.82) is 0 Å². The first kappa shape index (κ1) is 16.0. The van der Waals surface area contributed by atoms with Crippen LogP contribution in [0.25, 0.3) is 0 Å². The van der Waals surface area contributed by atoms with Crippen LogP contribution in [0.15, 0.2) is 0 Å². The normalized spacial score (nSPS) is 17.7. The highest BCUT2D eigenvalue weighted by molar-refractivity contribution is 7.15. The zero-order valence-corrected chi connectivity index (χ0v) is 14.2. The molecule has 4 amide bonds. The maximum Gasteiger partial charge on any atom is 0.321 e. The highest BCUT2D eigenvalue weighted by atomic mass is 32.1. The minimum atomic E-state index is -0.177. The Morgan fingerprint density at radius 2 is 2.13 bits per heavy atom. The Morgan fingerprint density at radius 3 is 2.87 bits per heavy atom. The molecule has 1 fully saturated rings. The van der Waals surface area contributed by atoms with Gasteiger partial charge in [0.25, 0.3) is 0 Å². The summed E-state index contributed by atoms with van der Waals surface area (Å²) in [4.78, 5) is 31.2. The van der Waals surface area contributed by atoms with Gasteiger partial charge in [0.2, 0.25) is 0 Å². The molecule has 0 unspecified atom stereocenters. The predicted molar refractivity (Wildman–Crippen MR) is 89.7 cm³/mol. The van der Waals surface area contributed by atoms with E-state index in [9.17, 15) is 9.59 Å². The molecule has 0 bridgehead atoms. The first-order valence-electron chi connectivity index (χ1n) is 8.24. The molecule has 2 aliphatic rings. The molecule has 7 nitrogen and oxygen atoms in total. The Kier molecular flexibility index (Phi) is 5.00. The van der Waals surface area contributed by atoms with Crippen molar-refractivity contribution in [3.63, 3.8) is 0 Å². The van der Waals surface area contributed by atoms with E-state index in [-0.39, 0.29) is 18.1 Å². The number of thiazole rings is 1. The SMILES string of the molecule is CCNC(=O)N1CCc2nc(NC(=O)NC3CCCC3)sc2C1. The van der Waals surface area contributed by atoms with Crippen molar-refractivity contribution >= 4 is 28.5 Å². The molecule has 0 atom stereocenters. The molecule has 1 aromatic heterocycles. The molecule has 3 N–H and O–H groups in total.